The van der Waals surface area contributed by atoms with E-state index in [1.165, 1.54) is 18.1 Å². The predicted molar refractivity (Wildman–Crippen MR) is 92.5 cm³/mol. The van der Waals surface area contributed by atoms with Crippen LogP contribution in [0, 0.1) is 0 Å². The van der Waals surface area contributed by atoms with E-state index in [2.05, 4.69) is 10.3 Å². The molecule has 126 valence electrons. The number of pyridine rings is 1. The molecule has 1 N–H and O–H groups in total. The van der Waals surface area contributed by atoms with Crippen molar-refractivity contribution < 1.29 is 14.3 Å². The van der Waals surface area contributed by atoms with Crippen molar-refractivity contribution in [2.45, 2.75) is 0 Å². The molecule has 0 unspecified atom stereocenters. The van der Waals surface area contributed by atoms with Gasteiger partial charge in [0, 0.05) is 13.2 Å². The summed E-state index contributed by atoms with van der Waals surface area (Å²) < 4.78 is 5.30. The smallest absolute Gasteiger partial charge is 0.260 e. The lowest BCUT2D eigenvalue weighted by atomic mass is 10.3. The number of aromatic nitrogens is 1. The van der Waals surface area contributed by atoms with Crippen LogP contribution in [0.3, 0.4) is 0 Å². The number of nitrogens with one attached hydrogen (secondary N) is 1. The molecule has 0 spiro atoms. The SMILES string of the molecule is CN(CC(=O)Nc1ccccc1Cl)C(=O)COc1cccnc1Cl. The van der Waals surface area contributed by atoms with Gasteiger partial charge in [-0.25, -0.2) is 4.98 Å². The van der Waals surface area contributed by atoms with Gasteiger partial charge in [0.05, 0.1) is 17.3 Å². The number of hydrogen-bond donors (Lipinski definition) is 1. The zero-order valence-corrected chi connectivity index (χ0v) is 14.3. The third-order valence-corrected chi connectivity index (χ3v) is 3.64. The summed E-state index contributed by atoms with van der Waals surface area (Å²) in [6.07, 6.45) is 1.52. The molecule has 1 aromatic heterocycles. The van der Waals surface area contributed by atoms with Gasteiger partial charge in [-0.05, 0) is 24.3 Å². The number of carbonyl (C=O) groups is 2. The van der Waals surface area contributed by atoms with Crippen LogP contribution in [-0.4, -0.2) is 41.9 Å². The van der Waals surface area contributed by atoms with Gasteiger partial charge < -0.3 is 15.0 Å². The lowest BCUT2D eigenvalue weighted by Crippen LogP contribution is -2.37. The van der Waals surface area contributed by atoms with Crippen molar-refractivity contribution in [1.29, 1.82) is 0 Å². The average Bonchev–Trinajstić information content (AvgIpc) is 2.56. The maximum Gasteiger partial charge on any atom is 0.260 e. The fourth-order valence-corrected chi connectivity index (χ4v) is 2.14. The Bertz CT molecular complexity index is 740. The Kier molecular flexibility index (Phi) is 6.40. The zero-order chi connectivity index (χ0) is 17.5. The summed E-state index contributed by atoms with van der Waals surface area (Å²) in [7, 11) is 1.50. The summed E-state index contributed by atoms with van der Waals surface area (Å²) in [6.45, 7) is -0.379. The molecule has 0 radical (unpaired) electrons. The van der Waals surface area contributed by atoms with Gasteiger partial charge in [0.1, 0.15) is 0 Å². The van der Waals surface area contributed by atoms with Crippen molar-refractivity contribution in [1.82, 2.24) is 9.88 Å². The zero-order valence-electron chi connectivity index (χ0n) is 12.8. The fourth-order valence-electron chi connectivity index (χ4n) is 1.78. The quantitative estimate of drug-likeness (QED) is 0.796. The third-order valence-electron chi connectivity index (χ3n) is 3.03. The van der Waals surface area contributed by atoms with Gasteiger partial charge in [0.25, 0.3) is 5.91 Å². The van der Waals surface area contributed by atoms with E-state index in [1.54, 1.807) is 36.4 Å². The van der Waals surface area contributed by atoms with Gasteiger partial charge in [-0.2, -0.15) is 0 Å². The highest BCUT2D eigenvalue weighted by atomic mass is 35.5. The molecule has 0 bridgehead atoms. The maximum atomic E-state index is 12.0. The Balaban J connectivity index is 1.84. The van der Waals surface area contributed by atoms with Crippen molar-refractivity contribution in [3.63, 3.8) is 0 Å². The Morgan fingerprint density at radius 2 is 1.96 bits per heavy atom. The molecular formula is C16H15Cl2N3O3. The van der Waals surface area contributed by atoms with E-state index in [4.69, 9.17) is 27.9 Å². The number of likely N-dealkylation sites (N-methyl/N-ethyl adjacent to an activating group) is 1. The van der Waals surface area contributed by atoms with Crippen molar-refractivity contribution >= 4 is 40.7 Å². The Labute approximate surface area is 149 Å². The minimum absolute atomic E-state index is 0.131. The van der Waals surface area contributed by atoms with Gasteiger partial charge in [-0.3, -0.25) is 9.59 Å². The normalized spacial score (nSPS) is 10.1. The first-order chi connectivity index (χ1) is 11.5. The lowest BCUT2D eigenvalue weighted by molar-refractivity contribution is -0.135. The van der Waals surface area contributed by atoms with E-state index in [0.717, 1.165) is 0 Å². The average molecular weight is 368 g/mol. The van der Waals surface area contributed by atoms with E-state index < -0.39 is 0 Å². The molecule has 24 heavy (non-hydrogen) atoms. The van der Waals surface area contributed by atoms with Gasteiger partial charge in [0.15, 0.2) is 17.5 Å². The van der Waals surface area contributed by atoms with E-state index >= 15 is 0 Å². The monoisotopic (exact) mass is 367 g/mol. The van der Waals surface area contributed by atoms with Crippen LogP contribution >= 0.6 is 23.2 Å². The molecule has 0 aliphatic rings. The van der Waals surface area contributed by atoms with Crippen LogP contribution in [0.2, 0.25) is 10.2 Å². The van der Waals surface area contributed by atoms with Crippen molar-refractivity contribution in [2.75, 3.05) is 25.5 Å². The maximum absolute atomic E-state index is 12.0. The standard InChI is InChI=1S/C16H15Cl2N3O3/c1-21(9-14(22)20-12-6-3-2-5-11(12)17)15(23)10-24-13-7-4-8-19-16(13)18/h2-8H,9-10H2,1H3,(H,20,22). The third kappa shape index (κ3) is 5.11. The number of hydrogen-bond acceptors (Lipinski definition) is 4. The van der Waals surface area contributed by atoms with Gasteiger partial charge in [-0.15, -0.1) is 0 Å². The predicted octanol–water partition coefficient (Wildman–Crippen LogP) is 2.86. The van der Waals surface area contributed by atoms with Gasteiger partial charge in [-0.1, -0.05) is 35.3 Å². The van der Waals surface area contributed by atoms with Crippen LogP contribution in [-0.2, 0) is 9.59 Å². The molecule has 0 saturated carbocycles. The highest BCUT2D eigenvalue weighted by molar-refractivity contribution is 6.33. The van der Waals surface area contributed by atoms with E-state index in [-0.39, 0.29) is 30.1 Å². The van der Waals surface area contributed by atoms with E-state index in [1.807, 2.05) is 0 Å². The van der Waals surface area contributed by atoms with Crippen molar-refractivity contribution in [2.24, 2.45) is 0 Å². The lowest BCUT2D eigenvalue weighted by Gasteiger charge is -2.17. The number of anilines is 1. The second kappa shape index (κ2) is 8.52. The fraction of sp³-hybridized carbons (Fsp3) is 0.188. The van der Waals surface area contributed by atoms with Gasteiger partial charge in [0.2, 0.25) is 5.91 Å². The highest BCUT2D eigenvalue weighted by Gasteiger charge is 2.15. The first-order valence-corrected chi connectivity index (χ1v) is 7.74. The Morgan fingerprint density at radius 3 is 2.67 bits per heavy atom. The number of benzene rings is 1. The molecule has 6 nitrogen and oxygen atoms in total. The summed E-state index contributed by atoms with van der Waals surface area (Å²) in [4.78, 5) is 29.1. The molecule has 0 atom stereocenters. The highest BCUT2D eigenvalue weighted by Crippen LogP contribution is 2.21. The molecule has 0 aliphatic heterocycles. The molecule has 2 aromatic rings. The minimum Gasteiger partial charge on any atom is -0.481 e. The molecule has 0 fully saturated rings. The molecule has 2 rings (SSSR count). The summed E-state index contributed by atoms with van der Waals surface area (Å²) in [5.41, 5.74) is 0.489. The number of halogens is 2. The number of rotatable bonds is 6. The molecule has 0 saturated heterocycles. The summed E-state index contributed by atoms with van der Waals surface area (Å²) in [5, 5.41) is 3.24. The van der Waals surface area contributed by atoms with Crippen molar-refractivity contribution in [3.05, 3.63) is 52.8 Å². The van der Waals surface area contributed by atoms with E-state index in [9.17, 15) is 9.59 Å². The van der Waals surface area contributed by atoms with Crippen LogP contribution in [0.15, 0.2) is 42.6 Å². The summed E-state index contributed by atoms with van der Waals surface area (Å²) in [6, 6.07) is 10.1. The first-order valence-electron chi connectivity index (χ1n) is 6.99. The second-order valence-corrected chi connectivity index (χ2v) is 5.62. The van der Waals surface area contributed by atoms with Crippen LogP contribution in [0.25, 0.3) is 0 Å². The Hall–Kier alpha value is -2.31. The number of amides is 2. The minimum atomic E-state index is -0.371. The molecule has 8 heteroatoms. The number of carbonyl (C=O) groups excluding carboxylic acids is 2. The first kappa shape index (κ1) is 18.0. The molecule has 1 heterocycles. The van der Waals surface area contributed by atoms with Crippen LogP contribution in [0.5, 0.6) is 5.75 Å². The van der Waals surface area contributed by atoms with Gasteiger partial charge >= 0.3 is 0 Å². The summed E-state index contributed by atoms with van der Waals surface area (Å²) >= 11 is 11.8. The second-order valence-electron chi connectivity index (χ2n) is 4.86. The molecule has 2 amide bonds. The van der Waals surface area contributed by atoms with Crippen molar-refractivity contribution in [3.8, 4) is 5.75 Å². The largest absolute Gasteiger partial charge is 0.481 e. The topological polar surface area (TPSA) is 71.5 Å². The number of ether oxygens (including phenoxy) is 1. The molecule has 1 aromatic carbocycles. The molecule has 0 aliphatic carbocycles. The van der Waals surface area contributed by atoms with E-state index in [0.29, 0.717) is 16.5 Å². The van der Waals surface area contributed by atoms with Crippen LogP contribution in [0.4, 0.5) is 5.69 Å². The summed E-state index contributed by atoms with van der Waals surface area (Å²) in [5.74, 6) is -0.427. The Morgan fingerprint density at radius 1 is 1.21 bits per heavy atom. The number of nitrogens with zero attached hydrogens (tertiary/aromatic N) is 2. The van der Waals surface area contributed by atoms with Crippen LogP contribution in [0.1, 0.15) is 0 Å². The number of para-hydroxylation sites is 1. The van der Waals surface area contributed by atoms with Crippen LogP contribution < -0.4 is 10.1 Å². The molecular weight excluding hydrogens is 353 g/mol.